The van der Waals surface area contributed by atoms with E-state index in [-0.39, 0.29) is 23.0 Å². The Balaban J connectivity index is 1.51. The van der Waals surface area contributed by atoms with Crippen molar-refractivity contribution in [1.29, 1.82) is 0 Å². The number of rotatable bonds is 9. The number of hydrogen-bond acceptors (Lipinski definition) is 13. The van der Waals surface area contributed by atoms with Crippen LogP contribution in [0, 0.1) is 0 Å². The van der Waals surface area contributed by atoms with Crippen molar-refractivity contribution in [3.05, 3.63) is 46.9 Å². The van der Waals surface area contributed by atoms with Gasteiger partial charge in [-0.1, -0.05) is 23.0 Å². The number of carboxylic acids is 1. The van der Waals surface area contributed by atoms with Crippen LogP contribution in [0.2, 0.25) is 0 Å². The number of aromatic nitrogens is 3. The minimum Gasteiger partial charge on any atom is -0.477 e. The molecule has 1 saturated heterocycles. The zero-order chi connectivity index (χ0) is 25.8. The number of thioether (sulfide) groups is 3. The van der Waals surface area contributed by atoms with E-state index in [1.807, 2.05) is 0 Å². The predicted molar refractivity (Wildman–Crippen MR) is 134 cm³/mol. The second-order valence-electron chi connectivity index (χ2n) is 7.27. The lowest BCUT2D eigenvalue weighted by Crippen LogP contribution is -2.71. The Hall–Kier alpha value is -3.34. The third kappa shape index (κ3) is 5.25. The first-order valence-corrected chi connectivity index (χ1v) is 13.2. The van der Waals surface area contributed by atoms with Gasteiger partial charge in [0.25, 0.3) is 11.8 Å². The van der Waals surface area contributed by atoms with Gasteiger partial charge in [0.15, 0.2) is 5.71 Å². The highest BCUT2D eigenvalue weighted by molar-refractivity contribution is 8.06. The smallest absolute Gasteiger partial charge is 0.353 e. The SMILES string of the molecule is NCCSc1cncc(SC2=C(C(=O)O)N3C(=O)[C@@H](NC(=O)/C(=N/O)c4cccc(N)n4)[C@H]3SC2)n1. The highest BCUT2D eigenvalue weighted by Gasteiger charge is 2.54. The first-order chi connectivity index (χ1) is 17.3. The molecule has 0 aliphatic carbocycles. The van der Waals surface area contributed by atoms with Crippen LogP contribution in [-0.2, 0) is 14.4 Å². The Morgan fingerprint density at radius 3 is 2.75 bits per heavy atom. The van der Waals surface area contributed by atoms with Gasteiger partial charge in [0.05, 0.1) is 12.4 Å². The number of nitrogens with zero attached hydrogens (tertiary/aromatic N) is 5. The number of oxime groups is 1. The molecule has 4 rings (SSSR count). The van der Waals surface area contributed by atoms with Crippen molar-refractivity contribution < 1.29 is 24.7 Å². The average Bonchev–Trinajstić information content (AvgIpc) is 2.86. The molecule has 7 N–H and O–H groups in total. The van der Waals surface area contributed by atoms with Crippen LogP contribution in [0.3, 0.4) is 0 Å². The summed E-state index contributed by atoms with van der Waals surface area (Å²) >= 11 is 3.84. The van der Waals surface area contributed by atoms with Crippen LogP contribution in [0.5, 0.6) is 0 Å². The van der Waals surface area contributed by atoms with Gasteiger partial charge in [-0.15, -0.1) is 23.5 Å². The van der Waals surface area contributed by atoms with Crippen LogP contribution in [0.15, 0.2) is 56.4 Å². The number of carbonyl (C=O) groups excluding carboxylic acids is 2. The summed E-state index contributed by atoms with van der Waals surface area (Å²) < 4.78 is 0. The summed E-state index contributed by atoms with van der Waals surface area (Å²) in [5.74, 6) is -1.68. The van der Waals surface area contributed by atoms with Crippen molar-refractivity contribution in [3.8, 4) is 0 Å². The highest BCUT2D eigenvalue weighted by Crippen LogP contribution is 2.44. The number of carbonyl (C=O) groups is 3. The Kier molecular flexibility index (Phi) is 7.97. The lowest BCUT2D eigenvalue weighted by atomic mass is 10.0. The Bertz CT molecular complexity index is 1270. The number of nitrogens with two attached hydrogens (primary N) is 2. The predicted octanol–water partition coefficient (Wildman–Crippen LogP) is 0.171. The molecule has 0 aromatic carbocycles. The summed E-state index contributed by atoms with van der Waals surface area (Å²) in [5, 5.41) is 25.2. The van der Waals surface area contributed by atoms with Gasteiger partial charge >= 0.3 is 5.97 Å². The number of aliphatic carboxylic acids is 1. The van der Waals surface area contributed by atoms with Crippen molar-refractivity contribution >= 4 is 64.6 Å². The fourth-order valence-corrected chi connectivity index (χ4v) is 6.52. The van der Waals surface area contributed by atoms with Gasteiger partial charge in [0.2, 0.25) is 0 Å². The van der Waals surface area contributed by atoms with E-state index in [0.29, 0.717) is 27.3 Å². The quantitative estimate of drug-likeness (QED) is 0.0931. The average molecular weight is 549 g/mol. The van der Waals surface area contributed by atoms with Crippen molar-refractivity contribution in [1.82, 2.24) is 25.2 Å². The minimum absolute atomic E-state index is 0.0210. The molecule has 0 spiro atoms. The number of carboxylic acid groups (broad SMARTS) is 1. The molecule has 13 nitrogen and oxygen atoms in total. The molecular weight excluding hydrogens is 528 g/mol. The Morgan fingerprint density at radius 2 is 2.06 bits per heavy atom. The first kappa shape index (κ1) is 25.7. The van der Waals surface area contributed by atoms with Crippen molar-refractivity contribution in [2.45, 2.75) is 21.5 Å². The number of hydrogen-bond donors (Lipinski definition) is 5. The summed E-state index contributed by atoms with van der Waals surface area (Å²) in [6.07, 6.45) is 3.11. The van der Waals surface area contributed by atoms with Crippen LogP contribution in [0.4, 0.5) is 5.82 Å². The van der Waals surface area contributed by atoms with Crippen molar-refractivity contribution in [3.63, 3.8) is 0 Å². The van der Waals surface area contributed by atoms with Gasteiger partial charge in [-0.3, -0.25) is 19.5 Å². The molecule has 1 fully saturated rings. The molecule has 36 heavy (non-hydrogen) atoms. The maximum Gasteiger partial charge on any atom is 0.353 e. The van der Waals surface area contributed by atoms with Crippen LogP contribution >= 0.6 is 35.3 Å². The molecule has 2 aliphatic rings. The van der Waals surface area contributed by atoms with Gasteiger partial charge in [-0.05, 0) is 12.1 Å². The van der Waals surface area contributed by atoms with E-state index in [4.69, 9.17) is 11.5 Å². The maximum atomic E-state index is 12.9. The molecule has 2 amide bonds. The number of nitrogens with one attached hydrogen (secondary N) is 1. The summed E-state index contributed by atoms with van der Waals surface area (Å²) in [5.41, 5.74) is 10.6. The van der Waals surface area contributed by atoms with Gasteiger partial charge < -0.3 is 27.1 Å². The van der Waals surface area contributed by atoms with Gasteiger partial charge in [-0.25, -0.2) is 14.8 Å². The van der Waals surface area contributed by atoms with Crippen molar-refractivity contribution in [2.75, 3.05) is 23.8 Å². The second kappa shape index (κ2) is 11.2. The fourth-order valence-electron chi connectivity index (χ4n) is 3.41. The van der Waals surface area contributed by atoms with E-state index in [0.717, 1.165) is 16.7 Å². The molecule has 2 aliphatic heterocycles. The topological polar surface area (TPSA) is 210 Å². The van der Waals surface area contributed by atoms with E-state index >= 15 is 0 Å². The number of nitrogen functional groups attached to an aromatic ring is 1. The van der Waals surface area contributed by atoms with E-state index in [1.54, 1.807) is 6.20 Å². The number of pyridine rings is 1. The Labute approximate surface area is 217 Å². The standard InChI is InChI=1S/C20H20N8O5S3/c21-4-5-34-12-6-23-7-13(25-12)36-10-8-35-19-15(18(30)28(19)16(10)20(31)32)26-17(29)14(27-33)9-2-1-3-11(22)24-9/h1-3,6-7,15,19,33H,4-5,8,21H2,(H2,22,24)(H,26,29)(H,31,32)/b27-14+/t15-,19-/m1/s1. The van der Waals surface area contributed by atoms with E-state index in [1.165, 1.54) is 47.9 Å². The summed E-state index contributed by atoms with van der Waals surface area (Å²) in [6, 6.07) is 3.44. The highest BCUT2D eigenvalue weighted by atomic mass is 32.2. The molecule has 0 radical (unpaired) electrons. The van der Waals surface area contributed by atoms with Crippen LogP contribution in [-0.4, -0.2) is 83.1 Å². The summed E-state index contributed by atoms with van der Waals surface area (Å²) in [7, 11) is 0. The van der Waals surface area contributed by atoms with Crippen molar-refractivity contribution in [2.24, 2.45) is 10.9 Å². The molecule has 16 heteroatoms. The van der Waals surface area contributed by atoms with Gasteiger partial charge in [0, 0.05) is 23.0 Å². The molecule has 188 valence electrons. The molecule has 2 atom stereocenters. The zero-order valence-corrected chi connectivity index (χ0v) is 20.8. The van der Waals surface area contributed by atoms with Crippen LogP contribution in [0.1, 0.15) is 5.69 Å². The summed E-state index contributed by atoms with van der Waals surface area (Å²) in [6.45, 7) is 0.479. The fraction of sp³-hybridized carbons (Fsp3) is 0.250. The van der Waals surface area contributed by atoms with E-state index in [2.05, 4.69) is 25.4 Å². The first-order valence-electron chi connectivity index (χ1n) is 10.3. The molecule has 0 bridgehead atoms. The lowest BCUT2D eigenvalue weighted by Gasteiger charge is -2.49. The molecule has 0 saturated carbocycles. The molecule has 0 unspecified atom stereocenters. The second-order valence-corrected chi connectivity index (χ2v) is 10.6. The molecule has 2 aromatic rings. The number of β-lactam (4-membered cyclic amide) rings is 1. The molecule has 4 heterocycles. The zero-order valence-electron chi connectivity index (χ0n) is 18.4. The van der Waals surface area contributed by atoms with E-state index in [9.17, 15) is 24.7 Å². The molecular formula is C20H20N8O5S3. The number of anilines is 1. The summed E-state index contributed by atoms with van der Waals surface area (Å²) in [4.78, 5) is 51.9. The monoisotopic (exact) mass is 548 g/mol. The Morgan fingerprint density at radius 1 is 1.28 bits per heavy atom. The van der Waals surface area contributed by atoms with Crippen LogP contribution in [0.25, 0.3) is 0 Å². The lowest BCUT2D eigenvalue weighted by molar-refractivity contribution is -0.150. The maximum absolute atomic E-state index is 12.9. The number of amides is 2. The third-order valence-electron chi connectivity index (χ3n) is 4.94. The van der Waals surface area contributed by atoms with Gasteiger partial charge in [-0.2, -0.15) is 0 Å². The normalized spacial score (nSPS) is 19.5. The van der Waals surface area contributed by atoms with Crippen LogP contribution < -0.4 is 16.8 Å². The van der Waals surface area contributed by atoms with E-state index < -0.39 is 34.9 Å². The third-order valence-corrected chi connectivity index (χ3v) is 8.32. The largest absolute Gasteiger partial charge is 0.477 e. The molecule has 2 aromatic heterocycles. The minimum atomic E-state index is -1.27. The van der Waals surface area contributed by atoms with Gasteiger partial charge in [0.1, 0.15) is 38.7 Å². The number of fused-ring (bicyclic) bond motifs is 1.